The molecule has 0 N–H and O–H groups in total. The molecule has 0 radical (unpaired) electrons. The molecule has 0 spiro atoms. The smallest absolute Gasteiger partial charge is 0.0830 e. The molecule has 0 fully saturated rings. The second-order valence-electron chi connectivity index (χ2n) is 4.80. The first-order chi connectivity index (χ1) is 6.43. The Morgan fingerprint density at radius 1 is 1.50 bits per heavy atom. The Kier molecular flexibility index (Phi) is 3.70. The molecule has 1 heterocycles. The third-order valence-corrected chi connectivity index (χ3v) is 3.30. The lowest BCUT2D eigenvalue weighted by Gasteiger charge is -2.28. The second-order valence-corrected chi connectivity index (χ2v) is 5.45. The van der Waals surface area contributed by atoms with E-state index in [9.17, 15) is 0 Å². The molecule has 80 valence electrons. The molecule has 0 aliphatic heterocycles. The highest BCUT2D eigenvalue weighted by Crippen LogP contribution is 2.29. The van der Waals surface area contributed by atoms with Crippen molar-refractivity contribution < 1.29 is 0 Å². The van der Waals surface area contributed by atoms with Gasteiger partial charge in [0.15, 0.2) is 0 Å². The van der Waals surface area contributed by atoms with Crippen molar-refractivity contribution >= 4 is 15.9 Å². The molecule has 0 bridgehead atoms. The summed E-state index contributed by atoms with van der Waals surface area (Å²) in [5.41, 5.74) is 1.38. The van der Waals surface area contributed by atoms with E-state index in [1.165, 1.54) is 0 Å². The van der Waals surface area contributed by atoms with Crippen LogP contribution in [-0.4, -0.2) is 20.3 Å². The Hall–Kier alpha value is -0.380. The molecular weight excluding hydrogens is 242 g/mol. The van der Waals surface area contributed by atoms with E-state index in [4.69, 9.17) is 0 Å². The predicted octanol–water partition coefficient (Wildman–Crippen LogP) is 2.41. The molecule has 14 heavy (non-hydrogen) atoms. The number of nitrogens with zero attached hydrogens (tertiary/aromatic N) is 3. The van der Waals surface area contributed by atoms with Gasteiger partial charge in [0, 0.05) is 18.6 Å². The van der Waals surface area contributed by atoms with Gasteiger partial charge >= 0.3 is 0 Å². The van der Waals surface area contributed by atoms with Gasteiger partial charge < -0.3 is 0 Å². The number of rotatable bonds is 3. The molecule has 4 heteroatoms. The Labute approximate surface area is 94.0 Å². The largest absolute Gasteiger partial charge is 0.255 e. The summed E-state index contributed by atoms with van der Waals surface area (Å²) >= 11 is 3.56. The van der Waals surface area contributed by atoms with Gasteiger partial charge in [0.05, 0.1) is 5.69 Å². The maximum Gasteiger partial charge on any atom is 0.0830 e. The van der Waals surface area contributed by atoms with Crippen LogP contribution in [0.1, 0.15) is 26.5 Å². The van der Waals surface area contributed by atoms with Gasteiger partial charge in [-0.25, -0.2) is 0 Å². The lowest BCUT2D eigenvalue weighted by molar-refractivity contribution is 0.265. The van der Waals surface area contributed by atoms with E-state index in [0.717, 1.165) is 17.4 Å². The van der Waals surface area contributed by atoms with Crippen molar-refractivity contribution in [1.82, 2.24) is 15.0 Å². The summed E-state index contributed by atoms with van der Waals surface area (Å²) in [6.07, 6.45) is 2.98. The predicted molar refractivity (Wildman–Crippen MR) is 61.4 cm³/mol. The summed E-state index contributed by atoms with van der Waals surface area (Å²) in [7, 11) is 1.90. The van der Waals surface area contributed by atoms with Crippen LogP contribution >= 0.6 is 15.9 Å². The monoisotopic (exact) mass is 259 g/mol. The maximum absolute atomic E-state index is 4.11. The molecule has 1 unspecified atom stereocenters. The minimum atomic E-state index is 0.307. The first-order valence-corrected chi connectivity index (χ1v) is 5.97. The van der Waals surface area contributed by atoms with Crippen LogP contribution in [-0.2, 0) is 13.5 Å². The molecular formula is C10H18BrN3. The minimum Gasteiger partial charge on any atom is -0.255 e. The van der Waals surface area contributed by atoms with E-state index in [0.29, 0.717) is 11.3 Å². The standard InChI is InChI=1S/C10H18BrN3/c1-10(2,3)8(6-11)5-9-7-14(4)13-12-9/h7-8H,5-6H2,1-4H3. The summed E-state index contributed by atoms with van der Waals surface area (Å²) in [6, 6.07) is 0. The molecule has 0 saturated heterocycles. The van der Waals surface area contributed by atoms with Crippen LogP contribution in [0, 0.1) is 11.3 Å². The van der Waals surface area contributed by atoms with Gasteiger partial charge in [0.1, 0.15) is 0 Å². The Bertz CT molecular complexity index is 288. The van der Waals surface area contributed by atoms with Crippen molar-refractivity contribution in [2.45, 2.75) is 27.2 Å². The van der Waals surface area contributed by atoms with Crippen LogP contribution in [0.2, 0.25) is 0 Å². The molecule has 1 aromatic rings. The van der Waals surface area contributed by atoms with Crippen molar-refractivity contribution in [2.24, 2.45) is 18.4 Å². The number of hydrogen-bond donors (Lipinski definition) is 0. The summed E-state index contributed by atoms with van der Waals surface area (Å²) < 4.78 is 1.75. The van der Waals surface area contributed by atoms with Crippen molar-refractivity contribution in [3.63, 3.8) is 0 Å². The Morgan fingerprint density at radius 2 is 2.14 bits per heavy atom. The first kappa shape index (κ1) is 11.7. The normalized spacial score (nSPS) is 14.4. The van der Waals surface area contributed by atoms with Gasteiger partial charge in [0.25, 0.3) is 0 Å². The van der Waals surface area contributed by atoms with E-state index < -0.39 is 0 Å². The molecule has 0 aliphatic carbocycles. The van der Waals surface area contributed by atoms with Gasteiger partial charge in [0.2, 0.25) is 0 Å². The van der Waals surface area contributed by atoms with Gasteiger partial charge in [-0.2, -0.15) is 0 Å². The van der Waals surface area contributed by atoms with Crippen LogP contribution in [0.3, 0.4) is 0 Å². The summed E-state index contributed by atoms with van der Waals surface area (Å²) in [5.74, 6) is 0.596. The molecule has 3 nitrogen and oxygen atoms in total. The second kappa shape index (κ2) is 4.43. The van der Waals surface area contributed by atoms with Crippen molar-refractivity contribution in [3.05, 3.63) is 11.9 Å². The number of aryl methyl sites for hydroxylation is 1. The maximum atomic E-state index is 4.11. The zero-order valence-electron chi connectivity index (χ0n) is 9.29. The number of alkyl halides is 1. The highest BCUT2D eigenvalue weighted by molar-refractivity contribution is 9.09. The minimum absolute atomic E-state index is 0.307. The average Bonchev–Trinajstić information content (AvgIpc) is 2.45. The van der Waals surface area contributed by atoms with E-state index in [2.05, 4.69) is 47.0 Å². The first-order valence-electron chi connectivity index (χ1n) is 4.84. The van der Waals surface area contributed by atoms with Crippen LogP contribution in [0.25, 0.3) is 0 Å². The SMILES string of the molecule is Cn1cc(CC(CBr)C(C)(C)C)nn1. The molecule has 0 amide bonds. The third kappa shape index (κ3) is 3.08. The quantitative estimate of drug-likeness (QED) is 0.781. The highest BCUT2D eigenvalue weighted by atomic mass is 79.9. The van der Waals surface area contributed by atoms with Crippen LogP contribution in [0.4, 0.5) is 0 Å². The average molecular weight is 260 g/mol. The van der Waals surface area contributed by atoms with E-state index >= 15 is 0 Å². The highest BCUT2D eigenvalue weighted by Gasteiger charge is 2.24. The van der Waals surface area contributed by atoms with Gasteiger partial charge in [-0.1, -0.05) is 41.9 Å². The fourth-order valence-electron chi connectivity index (χ4n) is 1.33. The fraction of sp³-hybridized carbons (Fsp3) is 0.800. The lowest BCUT2D eigenvalue weighted by atomic mass is 9.79. The van der Waals surface area contributed by atoms with Gasteiger partial charge in [-0.15, -0.1) is 5.10 Å². The van der Waals surface area contributed by atoms with Crippen molar-refractivity contribution in [2.75, 3.05) is 5.33 Å². The topological polar surface area (TPSA) is 30.7 Å². The zero-order chi connectivity index (χ0) is 10.8. The van der Waals surface area contributed by atoms with E-state index in [-0.39, 0.29) is 0 Å². The van der Waals surface area contributed by atoms with Gasteiger partial charge in [-0.3, -0.25) is 4.68 Å². The Morgan fingerprint density at radius 3 is 2.50 bits per heavy atom. The molecule has 0 aliphatic rings. The molecule has 1 atom stereocenters. The van der Waals surface area contributed by atoms with Crippen molar-refractivity contribution in [3.8, 4) is 0 Å². The fourth-order valence-corrected chi connectivity index (χ4v) is 2.53. The van der Waals surface area contributed by atoms with Crippen LogP contribution in [0.15, 0.2) is 6.20 Å². The Balaban J connectivity index is 2.66. The molecule has 0 aromatic carbocycles. The van der Waals surface area contributed by atoms with Crippen molar-refractivity contribution in [1.29, 1.82) is 0 Å². The van der Waals surface area contributed by atoms with Crippen LogP contribution < -0.4 is 0 Å². The van der Waals surface area contributed by atoms with Crippen LogP contribution in [0.5, 0.6) is 0 Å². The van der Waals surface area contributed by atoms with Gasteiger partial charge in [-0.05, 0) is 17.8 Å². The third-order valence-electron chi connectivity index (χ3n) is 2.52. The lowest BCUT2D eigenvalue weighted by Crippen LogP contribution is -2.24. The molecule has 0 saturated carbocycles. The summed E-state index contributed by atoms with van der Waals surface area (Å²) in [6.45, 7) is 6.78. The number of halogens is 1. The van der Waals surface area contributed by atoms with E-state index in [1.807, 2.05) is 13.2 Å². The summed E-state index contributed by atoms with van der Waals surface area (Å²) in [4.78, 5) is 0. The van der Waals surface area contributed by atoms with E-state index in [1.54, 1.807) is 4.68 Å². The summed E-state index contributed by atoms with van der Waals surface area (Å²) in [5, 5.41) is 9.05. The number of hydrogen-bond acceptors (Lipinski definition) is 2. The molecule has 1 aromatic heterocycles. The number of aromatic nitrogens is 3. The zero-order valence-corrected chi connectivity index (χ0v) is 10.9. The molecule has 1 rings (SSSR count).